The molecule has 0 atom stereocenters. The molecule has 0 aromatic carbocycles. The van der Waals surface area contributed by atoms with Gasteiger partial charge in [-0.25, -0.2) is 4.98 Å². The molecular weight excluding hydrogens is 358 g/mol. The zero-order chi connectivity index (χ0) is 19.0. The molecule has 27 heavy (non-hydrogen) atoms. The first-order valence-electron chi connectivity index (χ1n) is 8.39. The standard InChI is InChI=1S/C20H17N5OS/c1-12-4-17(20-24-19(11-27-20)16-8-23-25(3)10-16)18(9-22-12)15-5-14(13(2)26)6-21-7-15/h4-11H,1-3H3. The number of aromatic nitrogens is 5. The lowest BCUT2D eigenvalue weighted by molar-refractivity contribution is 0.101. The number of nitrogens with zero attached hydrogens (tertiary/aromatic N) is 5. The second-order valence-electron chi connectivity index (χ2n) is 6.33. The Kier molecular flexibility index (Phi) is 4.37. The minimum Gasteiger partial charge on any atom is -0.294 e. The van der Waals surface area contributed by atoms with Crippen LogP contribution in [0.5, 0.6) is 0 Å². The summed E-state index contributed by atoms with van der Waals surface area (Å²) in [5.74, 6) is -0.0147. The van der Waals surface area contributed by atoms with E-state index in [0.29, 0.717) is 5.56 Å². The van der Waals surface area contributed by atoms with Crippen LogP contribution >= 0.6 is 11.3 Å². The number of ketones is 1. The van der Waals surface area contributed by atoms with E-state index >= 15 is 0 Å². The third kappa shape index (κ3) is 3.41. The highest BCUT2D eigenvalue weighted by molar-refractivity contribution is 7.13. The van der Waals surface area contributed by atoms with Gasteiger partial charge in [0.25, 0.3) is 0 Å². The van der Waals surface area contributed by atoms with E-state index < -0.39 is 0 Å². The van der Waals surface area contributed by atoms with E-state index in [1.807, 2.05) is 43.9 Å². The summed E-state index contributed by atoms with van der Waals surface area (Å²) in [4.78, 5) is 25.2. The first kappa shape index (κ1) is 17.2. The third-order valence-electron chi connectivity index (χ3n) is 4.23. The summed E-state index contributed by atoms with van der Waals surface area (Å²) in [7, 11) is 1.89. The van der Waals surface area contributed by atoms with Crippen molar-refractivity contribution in [3.63, 3.8) is 0 Å². The van der Waals surface area contributed by atoms with Crippen LogP contribution in [-0.4, -0.2) is 30.5 Å². The first-order valence-corrected chi connectivity index (χ1v) is 9.27. The summed E-state index contributed by atoms with van der Waals surface area (Å²) < 4.78 is 1.76. The van der Waals surface area contributed by atoms with Gasteiger partial charge >= 0.3 is 0 Å². The molecule has 4 heterocycles. The van der Waals surface area contributed by atoms with E-state index in [2.05, 4.69) is 15.1 Å². The number of carbonyl (C=O) groups excluding carboxylic acids is 1. The monoisotopic (exact) mass is 375 g/mol. The number of rotatable bonds is 4. The molecular formula is C20H17N5OS. The van der Waals surface area contributed by atoms with Crippen molar-refractivity contribution in [2.24, 2.45) is 7.05 Å². The summed E-state index contributed by atoms with van der Waals surface area (Å²) in [6, 6.07) is 3.86. The highest BCUT2D eigenvalue weighted by atomic mass is 32.1. The van der Waals surface area contributed by atoms with Crippen LogP contribution in [0, 0.1) is 6.92 Å². The molecule has 4 rings (SSSR count). The quantitative estimate of drug-likeness (QED) is 0.500. The van der Waals surface area contributed by atoms with Crippen molar-refractivity contribution in [1.29, 1.82) is 0 Å². The summed E-state index contributed by atoms with van der Waals surface area (Å²) in [6.45, 7) is 3.49. The second kappa shape index (κ2) is 6.85. The zero-order valence-electron chi connectivity index (χ0n) is 15.2. The Morgan fingerprint density at radius 2 is 1.93 bits per heavy atom. The van der Waals surface area contributed by atoms with Gasteiger partial charge in [0.1, 0.15) is 5.01 Å². The van der Waals surface area contributed by atoms with Crippen molar-refractivity contribution in [3.05, 3.63) is 59.8 Å². The fraction of sp³-hybridized carbons (Fsp3) is 0.150. The van der Waals surface area contributed by atoms with E-state index in [0.717, 1.165) is 38.6 Å². The zero-order valence-corrected chi connectivity index (χ0v) is 16.0. The van der Waals surface area contributed by atoms with Crippen molar-refractivity contribution in [2.45, 2.75) is 13.8 Å². The fourth-order valence-corrected chi connectivity index (χ4v) is 3.69. The lowest BCUT2D eigenvalue weighted by Crippen LogP contribution is -1.95. The Hall–Kier alpha value is -3.19. The molecule has 0 bridgehead atoms. The molecule has 0 radical (unpaired) electrons. The molecule has 4 aromatic heterocycles. The van der Waals surface area contributed by atoms with Gasteiger partial charge in [-0.15, -0.1) is 11.3 Å². The summed E-state index contributed by atoms with van der Waals surface area (Å²) in [5, 5.41) is 7.13. The number of carbonyl (C=O) groups is 1. The topological polar surface area (TPSA) is 73.6 Å². The molecule has 0 aliphatic rings. The van der Waals surface area contributed by atoms with Gasteiger partial charge in [0.05, 0.1) is 11.9 Å². The smallest absolute Gasteiger partial charge is 0.161 e. The number of aryl methyl sites for hydroxylation is 2. The van der Waals surface area contributed by atoms with Crippen molar-refractivity contribution >= 4 is 17.1 Å². The molecule has 4 aromatic rings. The Labute approximate surface area is 160 Å². The molecule has 0 unspecified atom stereocenters. The van der Waals surface area contributed by atoms with Gasteiger partial charge in [0, 0.05) is 70.7 Å². The fourth-order valence-electron chi connectivity index (χ4n) is 2.83. The maximum atomic E-state index is 11.7. The molecule has 0 spiro atoms. The third-order valence-corrected chi connectivity index (χ3v) is 5.11. The number of hydrogen-bond acceptors (Lipinski definition) is 6. The summed E-state index contributed by atoms with van der Waals surface area (Å²) in [6.07, 6.45) is 8.89. The Balaban J connectivity index is 1.82. The van der Waals surface area contributed by atoms with E-state index in [4.69, 9.17) is 4.98 Å². The van der Waals surface area contributed by atoms with Crippen LogP contribution in [0.4, 0.5) is 0 Å². The van der Waals surface area contributed by atoms with Gasteiger partial charge in [-0.2, -0.15) is 5.10 Å². The molecule has 134 valence electrons. The van der Waals surface area contributed by atoms with E-state index in [1.165, 1.54) is 6.92 Å². The highest BCUT2D eigenvalue weighted by Crippen LogP contribution is 2.35. The lowest BCUT2D eigenvalue weighted by atomic mass is 10.0. The number of hydrogen-bond donors (Lipinski definition) is 0. The molecule has 0 aliphatic carbocycles. The Bertz CT molecular complexity index is 1140. The molecule has 7 heteroatoms. The van der Waals surface area contributed by atoms with Crippen LogP contribution in [-0.2, 0) is 7.05 Å². The SMILES string of the molecule is CC(=O)c1cncc(-c2cnc(C)cc2-c2nc(-c3cnn(C)c3)cs2)c1. The highest BCUT2D eigenvalue weighted by Gasteiger charge is 2.15. The van der Waals surface area contributed by atoms with Gasteiger partial charge in [0.15, 0.2) is 5.78 Å². The van der Waals surface area contributed by atoms with Crippen LogP contribution in [0.15, 0.2) is 48.5 Å². The average Bonchev–Trinajstić information content (AvgIpc) is 3.30. The molecule has 0 fully saturated rings. The van der Waals surface area contributed by atoms with Crippen molar-refractivity contribution in [1.82, 2.24) is 24.7 Å². The van der Waals surface area contributed by atoms with Crippen molar-refractivity contribution in [2.75, 3.05) is 0 Å². The minimum absolute atomic E-state index is 0.0147. The van der Waals surface area contributed by atoms with Crippen LogP contribution in [0.2, 0.25) is 0 Å². The summed E-state index contributed by atoms with van der Waals surface area (Å²) >= 11 is 1.57. The van der Waals surface area contributed by atoms with Crippen LogP contribution in [0.3, 0.4) is 0 Å². The van der Waals surface area contributed by atoms with E-state index in [1.54, 1.807) is 34.6 Å². The van der Waals surface area contributed by atoms with Gasteiger partial charge < -0.3 is 0 Å². The van der Waals surface area contributed by atoms with E-state index in [-0.39, 0.29) is 5.78 Å². The number of pyridine rings is 2. The maximum Gasteiger partial charge on any atom is 0.161 e. The molecule has 0 N–H and O–H groups in total. The predicted octanol–water partition coefficient (Wildman–Crippen LogP) is 4.18. The maximum absolute atomic E-state index is 11.7. The Morgan fingerprint density at radius 1 is 1.07 bits per heavy atom. The van der Waals surface area contributed by atoms with Gasteiger partial charge in [-0.3, -0.25) is 19.4 Å². The first-order chi connectivity index (χ1) is 13.0. The van der Waals surface area contributed by atoms with Crippen LogP contribution in [0.25, 0.3) is 33.0 Å². The normalized spacial score (nSPS) is 10.9. The van der Waals surface area contributed by atoms with Crippen LogP contribution < -0.4 is 0 Å². The van der Waals surface area contributed by atoms with Gasteiger partial charge in [-0.1, -0.05) is 0 Å². The summed E-state index contributed by atoms with van der Waals surface area (Å²) in [5.41, 5.74) is 6.08. The molecule has 0 saturated carbocycles. The molecule has 0 amide bonds. The van der Waals surface area contributed by atoms with Crippen molar-refractivity contribution < 1.29 is 4.79 Å². The van der Waals surface area contributed by atoms with Gasteiger partial charge in [-0.05, 0) is 26.0 Å². The predicted molar refractivity (Wildman–Crippen MR) is 106 cm³/mol. The largest absolute Gasteiger partial charge is 0.294 e. The number of Topliss-reactive ketones (excluding diaryl/α,β-unsaturated/α-hetero) is 1. The second-order valence-corrected chi connectivity index (χ2v) is 7.19. The number of thiazole rings is 1. The minimum atomic E-state index is -0.0147. The Morgan fingerprint density at radius 3 is 2.67 bits per heavy atom. The molecule has 6 nitrogen and oxygen atoms in total. The van der Waals surface area contributed by atoms with Gasteiger partial charge in [0.2, 0.25) is 0 Å². The molecule has 0 aliphatic heterocycles. The van der Waals surface area contributed by atoms with Crippen LogP contribution in [0.1, 0.15) is 23.0 Å². The lowest BCUT2D eigenvalue weighted by Gasteiger charge is -2.09. The van der Waals surface area contributed by atoms with E-state index in [9.17, 15) is 4.79 Å². The average molecular weight is 375 g/mol. The van der Waals surface area contributed by atoms with Crippen molar-refractivity contribution in [3.8, 4) is 33.0 Å². The molecule has 0 saturated heterocycles.